The van der Waals surface area contributed by atoms with Crippen molar-refractivity contribution >= 4 is 34.3 Å². The van der Waals surface area contributed by atoms with Crippen molar-refractivity contribution in [3.05, 3.63) is 80.4 Å². The van der Waals surface area contributed by atoms with E-state index in [-0.39, 0.29) is 40.4 Å². The SMILES string of the molecule is Cl.O=c1c2ccc3c(c2oc2ccn(-c4cccc(F)c4F)c(=O)c12)C(C1CCC1)CNCO3. The average Bonchev–Trinajstić information content (AvgIpc) is 2.98. The molecule has 1 saturated carbocycles. The summed E-state index contributed by atoms with van der Waals surface area (Å²) in [6.45, 7) is 1.07. The maximum Gasteiger partial charge on any atom is 0.270 e. The number of hydrogen-bond donors (Lipinski definition) is 1. The molecule has 3 heterocycles. The molecule has 6 nitrogen and oxygen atoms in total. The number of aromatic nitrogens is 1. The van der Waals surface area contributed by atoms with E-state index in [0.29, 0.717) is 30.5 Å². The van der Waals surface area contributed by atoms with Crippen molar-refractivity contribution in [3.8, 4) is 11.4 Å². The summed E-state index contributed by atoms with van der Waals surface area (Å²) >= 11 is 0. The Kier molecular flexibility index (Phi) is 5.65. The number of nitrogens with zero attached hydrogens (tertiary/aromatic N) is 1. The summed E-state index contributed by atoms with van der Waals surface area (Å²) in [7, 11) is 0. The molecule has 0 bridgehead atoms. The third-order valence-corrected chi connectivity index (χ3v) is 6.87. The van der Waals surface area contributed by atoms with Gasteiger partial charge in [-0.15, -0.1) is 12.4 Å². The summed E-state index contributed by atoms with van der Waals surface area (Å²) in [5.74, 6) is -0.983. The highest BCUT2D eigenvalue weighted by Crippen LogP contribution is 2.45. The van der Waals surface area contributed by atoms with Gasteiger partial charge in [-0.1, -0.05) is 12.5 Å². The van der Waals surface area contributed by atoms with Crippen LogP contribution in [-0.2, 0) is 0 Å². The smallest absolute Gasteiger partial charge is 0.270 e. The molecule has 0 radical (unpaired) electrons. The van der Waals surface area contributed by atoms with Crippen molar-refractivity contribution in [3.63, 3.8) is 0 Å². The zero-order valence-electron chi connectivity index (χ0n) is 18.0. The molecule has 1 atom stereocenters. The number of nitrogens with one attached hydrogen (secondary N) is 1. The van der Waals surface area contributed by atoms with Gasteiger partial charge in [0.25, 0.3) is 5.56 Å². The van der Waals surface area contributed by atoms with Crippen LogP contribution < -0.4 is 21.0 Å². The van der Waals surface area contributed by atoms with E-state index in [4.69, 9.17) is 9.15 Å². The van der Waals surface area contributed by atoms with Crippen molar-refractivity contribution in [2.24, 2.45) is 5.92 Å². The predicted molar refractivity (Wildman–Crippen MR) is 126 cm³/mol. The molecule has 2 aromatic heterocycles. The molecule has 2 aliphatic rings. The fraction of sp³-hybridized carbons (Fsp3) is 0.280. The molecule has 1 aliphatic heterocycles. The van der Waals surface area contributed by atoms with Gasteiger partial charge in [-0.3, -0.25) is 19.5 Å². The normalized spacial score (nSPS) is 18.0. The van der Waals surface area contributed by atoms with Crippen molar-refractivity contribution in [1.82, 2.24) is 9.88 Å². The second-order valence-electron chi connectivity index (χ2n) is 8.63. The average molecular weight is 487 g/mol. The first-order valence-corrected chi connectivity index (χ1v) is 11.0. The van der Waals surface area contributed by atoms with Crippen LogP contribution in [0.3, 0.4) is 0 Å². The molecular formula is C25H21ClF2N2O4. The van der Waals surface area contributed by atoms with Gasteiger partial charge in [-0.2, -0.15) is 0 Å². The Bertz CT molecular complexity index is 1540. The number of fused-ring (bicyclic) bond motifs is 4. The van der Waals surface area contributed by atoms with Gasteiger partial charge in [0.15, 0.2) is 11.6 Å². The zero-order chi connectivity index (χ0) is 22.7. The third-order valence-electron chi connectivity index (χ3n) is 6.87. The molecule has 2 aromatic carbocycles. The summed E-state index contributed by atoms with van der Waals surface area (Å²) in [5, 5.41) is 3.36. The van der Waals surface area contributed by atoms with Gasteiger partial charge in [-0.25, -0.2) is 8.78 Å². The van der Waals surface area contributed by atoms with E-state index in [1.54, 1.807) is 12.1 Å². The van der Waals surface area contributed by atoms with Crippen LogP contribution in [0.4, 0.5) is 8.78 Å². The molecule has 1 aliphatic carbocycles. The fourth-order valence-corrected chi connectivity index (χ4v) is 4.96. The highest BCUT2D eigenvalue weighted by molar-refractivity contribution is 5.92. The molecule has 176 valence electrons. The number of halogens is 3. The van der Waals surface area contributed by atoms with Crippen LogP contribution >= 0.6 is 12.4 Å². The largest absolute Gasteiger partial charge is 0.478 e. The first-order valence-electron chi connectivity index (χ1n) is 11.0. The molecule has 1 N–H and O–H groups in total. The summed E-state index contributed by atoms with van der Waals surface area (Å²) in [4.78, 5) is 26.7. The van der Waals surface area contributed by atoms with Crippen LogP contribution in [0.2, 0.25) is 0 Å². The van der Waals surface area contributed by atoms with Gasteiger partial charge in [0.1, 0.15) is 29.0 Å². The molecule has 9 heteroatoms. The van der Waals surface area contributed by atoms with Crippen LogP contribution in [0.1, 0.15) is 30.7 Å². The molecule has 1 fully saturated rings. The molecule has 1 unspecified atom stereocenters. The van der Waals surface area contributed by atoms with Crippen LogP contribution in [0.25, 0.3) is 27.6 Å². The lowest BCUT2D eigenvalue weighted by molar-refractivity contribution is 0.251. The maximum absolute atomic E-state index is 14.3. The Balaban J connectivity index is 0.00000241. The number of benzene rings is 2. The molecule has 0 amide bonds. The number of ether oxygens (including phenoxy) is 1. The summed E-state index contributed by atoms with van der Waals surface area (Å²) in [6.07, 6.45) is 4.67. The Morgan fingerprint density at radius 3 is 2.65 bits per heavy atom. The minimum atomic E-state index is -1.16. The minimum absolute atomic E-state index is 0. The second-order valence-corrected chi connectivity index (χ2v) is 8.63. The molecule has 6 rings (SSSR count). The highest BCUT2D eigenvalue weighted by Gasteiger charge is 2.34. The van der Waals surface area contributed by atoms with Crippen molar-refractivity contribution < 1.29 is 17.9 Å². The van der Waals surface area contributed by atoms with E-state index in [2.05, 4.69) is 5.32 Å². The first-order chi connectivity index (χ1) is 16.0. The van der Waals surface area contributed by atoms with Crippen LogP contribution in [0.5, 0.6) is 5.75 Å². The lowest BCUT2D eigenvalue weighted by Crippen LogP contribution is -2.29. The number of pyridine rings is 1. The Hall–Kier alpha value is -3.23. The summed E-state index contributed by atoms with van der Waals surface area (Å²) in [5.41, 5.74) is -0.177. The van der Waals surface area contributed by atoms with Gasteiger partial charge in [0.2, 0.25) is 5.43 Å². The van der Waals surface area contributed by atoms with E-state index in [9.17, 15) is 18.4 Å². The first kappa shape index (κ1) is 22.6. The summed E-state index contributed by atoms with van der Waals surface area (Å²) in [6, 6.07) is 8.33. The minimum Gasteiger partial charge on any atom is -0.478 e. The zero-order valence-corrected chi connectivity index (χ0v) is 18.8. The number of hydrogen-bond acceptors (Lipinski definition) is 5. The van der Waals surface area contributed by atoms with Gasteiger partial charge >= 0.3 is 0 Å². The van der Waals surface area contributed by atoms with E-state index in [1.807, 2.05) is 0 Å². The fourth-order valence-electron chi connectivity index (χ4n) is 4.96. The van der Waals surface area contributed by atoms with E-state index in [1.165, 1.54) is 30.8 Å². The van der Waals surface area contributed by atoms with Crippen LogP contribution in [0.15, 0.2) is 56.6 Å². The summed E-state index contributed by atoms with van der Waals surface area (Å²) < 4.78 is 41.1. The quantitative estimate of drug-likeness (QED) is 0.418. The van der Waals surface area contributed by atoms with Crippen molar-refractivity contribution in [1.29, 1.82) is 0 Å². The maximum atomic E-state index is 14.3. The molecule has 34 heavy (non-hydrogen) atoms. The third kappa shape index (κ3) is 3.32. The molecular weight excluding hydrogens is 466 g/mol. The lowest BCUT2D eigenvalue weighted by atomic mass is 9.72. The lowest BCUT2D eigenvalue weighted by Gasteiger charge is -2.33. The Morgan fingerprint density at radius 2 is 1.88 bits per heavy atom. The molecule has 4 aromatic rings. The highest BCUT2D eigenvalue weighted by atomic mass is 35.5. The van der Waals surface area contributed by atoms with Gasteiger partial charge in [-0.05, 0) is 49.1 Å². The Labute approximate surface area is 198 Å². The van der Waals surface area contributed by atoms with E-state index in [0.717, 1.165) is 29.0 Å². The van der Waals surface area contributed by atoms with Crippen LogP contribution in [0, 0.1) is 17.6 Å². The van der Waals surface area contributed by atoms with Gasteiger partial charge in [0, 0.05) is 24.2 Å². The molecule has 0 spiro atoms. The van der Waals surface area contributed by atoms with E-state index >= 15 is 0 Å². The van der Waals surface area contributed by atoms with Gasteiger partial charge < -0.3 is 9.15 Å². The monoisotopic (exact) mass is 486 g/mol. The van der Waals surface area contributed by atoms with Crippen molar-refractivity contribution in [2.45, 2.75) is 25.2 Å². The van der Waals surface area contributed by atoms with Gasteiger partial charge in [0.05, 0.1) is 11.1 Å². The molecule has 0 saturated heterocycles. The second kappa shape index (κ2) is 8.52. The standard InChI is InChI=1S/C25H20F2N2O4.ClH/c26-16-5-2-6-17(22(16)27)29-10-9-19-21(25(29)31)23(30)14-7-8-18-20(24(14)33-19)15(11-28-12-32-18)13-3-1-4-13;/h2,5-10,13,15,28H,1,3-4,11-12H2;1H. The number of rotatable bonds is 2. The van der Waals surface area contributed by atoms with Crippen LogP contribution in [-0.4, -0.2) is 17.8 Å². The topological polar surface area (TPSA) is 73.5 Å². The Morgan fingerprint density at radius 1 is 1.06 bits per heavy atom. The predicted octanol–water partition coefficient (Wildman–Crippen LogP) is 4.62. The van der Waals surface area contributed by atoms with Crippen molar-refractivity contribution in [2.75, 3.05) is 13.3 Å². The van der Waals surface area contributed by atoms with E-state index < -0.39 is 22.6 Å².